The average Bonchev–Trinajstić information content (AvgIpc) is 2.71. The zero-order valence-corrected chi connectivity index (χ0v) is 18.6. The zero-order valence-electron chi connectivity index (χ0n) is 17.7. The molecule has 182 valence electrons. The molecule has 0 aromatic heterocycles. The molecule has 0 heterocycles. The van der Waals surface area contributed by atoms with Crippen molar-refractivity contribution < 1.29 is 44.1 Å². The number of carboxylic acid groups (broad SMARTS) is 3. The lowest BCUT2D eigenvalue weighted by Gasteiger charge is -2.27. The Bertz CT molecular complexity index is 719. The molecule has 0 spiro atoms. The van der Waals surface area contributed by atoms with Crippen LogP contribution >= 0.6 is 12.6 Å². The molecule has 0 saturated carbocycles. The second-order valence-electron chi connectivity index (χ2n) is 7.15. The van der Waals surface area contributed by atoms with E-state index in [1.54, 1.807) is 13.8 Å². The van der Waals surface area contributed by atoms with E-state index in [1.807, 2.05) is 0 Å². The van der Waals surface area contributed by atoms with Crippen molar-refractivity contribution in [3.05, 3.63) is 0 Å². The number of amides is 3. The summed E-state index contributed by atoms with van der Waals surface area (Å²) in [6.45, 7) is 3.30. The van der Waals surface area contributed by atoms with Crippen molar-refractivity contribution in [3.63, 3.8) is 0 Å². The van der Waals surface area contributed by atoms with Gasteiger partial charge in [-0.2, -0.15) is 12.6 Å². The molecule has 8 N–H and O–H groups in total. The van der Waals surface area contributed by atoms with Crippen molar-refractivity contribution in [1.29, 1.82) is 0 Å². The van der Waals surface area contributed by atoms with Crippen LogP contribution in [0.3, 0.4) is 0 Å². The van der Waals surface area contributed by atoms with Crippen LogP contribution in [-0.2, 0) is 28.8 Å². The molecule has 0 aliphatic carbocycles. The Morgan fingerprint density at radius 3 is 1.88 bits per heavy atom. The zero-order chi connectivity index (χ0) is 25.0. The van der Waals surface area contributed by atoms with Gasteiger partial charge in [0.05, 0.1) is 12.5 Å². The van der Waals surface area contributed by atoms with Crippen LogP contribution in [0.2, 0.25) is 0 Å². The van der Waals surface area contributed by atoms with Crippen LogP contribution in [0, 0.1) is 5.92 Å². The van der Waals surface area contributed by atoms with Crippen LogP contribution in [0.5, 0.6) is 0 Å². The molecule has 0 rings (SSSR count). The largest absolute Gasteiger partial charge is 0.481 e. The van der Waals surface area contributed by atoms with E-state index >= 15 is 0 Å². The van der Waals surface area contributed by atoms with Gasteiger partial charge in [-0.3, -0.25) is 24.0 Å². The Morgan fingerprint density at radius 2 is 1.44 bits per heavy atom. The van der Waals surface area contributed by atoms with Crippen LogP contribution in [0.4, 0.5) is 0 Å². The van der Waals surface area contributed by atoms with Crippen LogP contribution < -0.4 is 21.7 Å². The van der Waals surface area contributed by atoms with Crippen LogP contribution in [-0.4, -0.2) is 80.9 Å². The van der Waals surface area contributed by atoms with E-state index in [0.717, 1.165) is 0 Å². The highest BCUT2D eigenvalue weighted by Gasteiger charge is 2.33. The summed E-state index contributed by atoms with van der Waals surface area (Å²) in [6, 6.07) is -5.39. The first-order valence-corrected chi connectivity index (χ1v) is 10.4. The second-order valence-corrected chi connectivity index (χ2v) is 7.52. The van der Waals surface area contributed by atoms with Gasteiger partial charge in [0.2, 0.25) is 17.7 Å². The lowest BCUT2D eigenvalue weighted by molar-refractivity contribution is -0.147. The predicted molar refractivity (Wildman–Crippen MR) is 114 cm³/mol. The highest BCUT2D eigenvalue weighted by molar-refractivity contribution is 7.80. The van der Waals surface area contributed by atoms with E-state index in [2.05, 4.69) is 28.6 Å². The lowest BCUT2D eigenvalue weighted by Crippen LogP contribution is -2.59. The third-order valence-corrected chi connectivity index (χ3v) is 4.99. The van der Waals surface area contributed by atoms with E-state index < -0.39 is 78.6 Å². The van der Waals surface area contributed by atoms with Gasteiger partial charge in [0.1, 0.15) is 18.1 Å². The van der Waals surface area contributed by atoms with Gasteiger partial charge < -0.3 is 37.0 Å². The van der Waals surface area contributed by atoms with Crippen molar-refractivity contribution in [2.75, 3.05) is 5.75 Å². The van der Waals surface area contributed by atoms with Gasteiger partial charge in [-0.25, -0.2) is 4.79 Å². The molecule has 0 radical (unpaired) electrons. The van der Waals surface area contributed by atoms with Gasteiger partial charge in [0.25, 0.3) is 0 Å². The number of carbonyl (C=O) groups is 6. The van der Waals surface area contributed by atoms with E-state index in [0.29, 0.717) is 6.42 Å². The van der Waals surface area contributed by atoms with E-state index in [-0.39, 0.29) is 12.2 Å². The molecule has 0 fully saturated rings. The van der Waals surface area contributed by atoms with Gasteiger partial charge in [0.15, 0.2) is 0 Å². The Hall–Kier alpha value is -2.87. The summed E-state index contributed by atoms with van der Waals surface area (Å²) < 4.78 is 0. The highest BCUT2D eigenvalue weighted by Crippen LogP contribution is 2.10. The molecular weight excluding hydrogens is 448 g/mol. The van der Waals surface area contributed by atoms with Crippen molar-refractivity contribution >= 4 is 48.3 Å². The number of hydrogen-bond donors (Lipinski definition) is 8. The molecule has 3 amide bonds. The van der Waals surface area contributed by atoms with E-state index in [1.165, 1.54) is 0 Å². The molecule has 13 nitrogen and oxygen atoms in total. The highest BCUT2D eigenvalue weighted by atomic mass is 32.1. The first-order valence-electron chi connectivity index (χ1n) is 9.77. The fraction of sp³-hybridized carbons (Fsp3) is 0.667. The quantitative estimate of drug-likeness (QED) is 0.123. The van der Waals surface area contributed by atoms with Crippen LogP contribution in [0.15, 0.2) is 0 Å². The van der Waals surface area contributed by atoms with Gasteiger partial charge in [-0.1, -0.05) is 20.3 Å². The maximum Gasteiger partial charge on any atom is 0.326 e. The number of nitrogens with one attached hydrogen (secondary N) is 3. The molecule has 5 unspecified atom stereocenters. The standard InChI is InChI=1S/C18H30N4O9S/c1-3-8(2)14(17(29)21-11(18(30)31)6-13(25)26)22-16(28)10(4-5-12(23)24)20-15(27)9(19)7-32/h8-11,14,32H,3-7,19H2,1-2H3,(H,20,27)(H,21,29)(H,22,28)(H,23,24)(H,25,26)(H,30,31). The fourth-order valence-electron chi connectivity index (χ4n) is 2.49. The Balaban J connectivity index is 5.59. The summed E-state index contributed by atoms with van der Waals surface area (Å²) in [5.41, 5.74) is 5.56. The van der Waals surface area contributed by atoms with Crippen molar-refractivity contribution in [2.24, 2.45) is 11.7 Å². The lowest BCUT2D eigenvalue weighted by atomic mass is 9.97. The molecule has 0 aliphatic rings. The van der Waals surface area contributed by atoms with E-state index in [4.69, 9.17) is 21.1 Å². The van der Waals surface area contributed by atoms with Crippen molar-refractivity contribution in [2.45, 2.75) is 63.7 Å². The molecule has 32 heavy (non-hydrogen) atoms. The minimum atomic E-state index is -1.72. The Morgan fingerprint density at radius 1 is 0.875 bits per heavy atom. The summed E-state index contributed by atoms with van der Waals surface area (Å²) in [6.07, 6.45) is -1.25. The third-order valence-electron chi connectivity index (χ3n) is 4.60. The summed E-state index contributed by atoms with van der Waals surface area (Å²) in [5, 5.41) is 33.6. The molecule has 0 aliphatic heterocycles. The minimum Gasteiger partial charge on any atom is -0.481 e. The number of nitrogens with two attached hydrogens (primary N) is 1. The number of aliphatic carboxylic acids is 3. The smallest absolute Gasteiger partial charge is 0.326 e. The first-order chi connectivity index (χ1) is 14.8. The summed E-state index contributed by atoms with van der Waals surface area (Å²) in [7, 11) is 0. The topological polar surface area (TPSA) is 225 Å². The number of hydrogen-bond acceptors (Lipinski definition) is 8. The van der Waals surface area contributed by atoms with Gasteiger partial charge in [-0.15, -0.1) is 0 Å². The maximum absolute atomic E-state index is 12.8. The molecule has 0 aromatic carbocycles. The van der Waals surface area contributed by atoms with Crippen molar-refractivity contribution in [1.82, 2.24) is 16.0 Å². The fourth-order valence-corrected chi connectivity index (χ4v) is 2.66. The number of carbonyl (C=O) groups excluding carboxylic acids is 3. The molecule has 0 saturated heterocycles. The average molecular weight is 479 g/mol. The van der Waals surface area contributed by atoms with Crippen LogP contribution in [0.25, 0.3) is 0 Å². The minimum absolute atomic E-state index is 0.0306. The first kappa shape index (κ1) is 29.1. The number of thiol groups is 1. The monoisotopic (exact) mass is 478 g/mol. The normalized spacial score (nSPS) is 15.4. The summed E-state index contributed by atoms with van der Waals surface area (Å²) in [4.78, 5) is 70.5. The molecule has 5 atom stereocenters. The maximum atomic E-state index is 12.8. The Kier molecular flexibility index (Phi) is 13.0. The van der Waals surface area contributed by atoms with E-state index in [9.17, 15) is 28.8 Å². The van der Waals surface area contributed by atoms with Crippen molar-refractivity contribution in [3.8, 4) is 0 Å². The van der Waals surface area contributed by atoms with Gasteiger partial charge in [0, 0.05) is 12.2 Å². The van der Waals surface area contributed by atoms with Crippen LogP contribution in [0.1, 0.15) is 39.5 Å². The molecular formula is C18H30N4O9S. The SMILES string of the molecule is CCC(C)C(NC(=O)C(CCC(=O)O)NC(=O)C(N)CS)C(=O)NC(CC(=O)O)C(=O)O. The Labute approximate surface area is 189 Å². The predicted octanol–water partition coefficient (Wildman–Crippen LogP) is -1.83. The number of carboxylic acids is 3. The van der Waals surface area contributed by atoms with Gasteiger partial charge >= 0.3 is 17.9 Å². The molecule has 0 aromatic rings. The molecule has 0 bridgehead atoms. The second kappa shape index (κ2) is 14.2. The number of rotatable bonds is 15. The van der Waals surface area contributed by atoms with Gasteiger partial charge in [-0.05, 0) is 12.3 Å². The summed E-state index contributed by atoms with van der Waals surface area (Å²) >= 11 is 3.88. The summed E-state index contributed by atoms with van der Waals surface area (Å²) in [5.74, 6) is -7.33. The third kappa shape index (κ3) is 10.4. The molecule has 14 heteroatoms.